The van der Waals surface area contributed by atoms with Crippen molar-refractivity contribution in [3.8, 4) is 0 Å². The van der Waals surface area contributed by atoms with Gasteiger partial charge in [-0.2, -0.15) is 0 Å². The number of hydrogen-bond donors (Lipinski definition) is 1. The highest BCUT2D eigenvalue weighted by molar-refractivity contribution is 5.60. The van der Waals surface area contributed by atoms with Crippen LogP contribution in [0.1, 0.15) is 32.3 Å². The minimum absolute atomic E-state index is 0.0470. The van der Waals surface area contributed by atoms with Crippen LogP contribution < -0.4 is 10.2 Å². The second-order valence-corrected chi connectivity index (χ2v) is 5.34. The average molecular weight is 250 g/mol. The van der Waals surface area contributed by atoms with Gasteiger partial charge in [0.15, 0.2) is 0 Å². The van der Waals surface area contributed by atoms with E-state index in [1.165, 1.54) is 0 Å². The van der Waals surface area contributed by atoms with Crippen molar-refractivity contribution in [2.75, 3.05) is 18.5 Å². The molecular formula is C15H23FN2. The Balaban J connectivity index is 2.18. The first-order valence-electron chi connectivity index (χ1n) is 6.85. The van der Waals surface area contributed by atoms with E-state index in [-0.39, 0.29) is 5.82 Å². The lowest BCUT2D eigenvalue weighted by atomic mass is 10.1. The van der Waals surface area contributed by atoms with Gasteiger partial charge < -0.3 is 10.2 Å². The van der Waals surface area contributed by atoms with Gasteiger partial charge in [-0.1, -0.05) is 6.07 Å². The summed E-state index contributed by atoms with van der Waals surface area (Å²) in [5.74, 6) is -0.0470. The van der Waals surface area contributed by atoms with Crippen LogP contribution in [0, 0.1) is 5.82 Å². The van der Waals surface area contributed by atoms with E-state index < -0.39 is 0 Å². The monoisotopic (exact) mass is 250 g/mol. The summed E-state index contributed by atoms with van der Waals surface area (Å²) in [5, 5.41) is 3.18. The summed E-state index contributed by atoms with van der Waals surface area (Å²) in [6.07, 6.45) is 3.11. The van der Waals surface area contributed by atoms with Crippen molar-refractivity contribution in [1.82, 2.24) is 5.32 Å². The number of rotatable bonds is 5. The van der Waals surface area contributed by atoms with E-state index in [4.69, 9.17) is 0 Å². The highest BCUT2D eigenvalue weighted by Gasteiger charge is 2.32. The predicted molar refractivity (Wildman–Crippen MR) is 74.7 cm³/mol. The van der Waals surface area contributed by atoms with Crippen LogP contribution in [0.15, 0.2) is 18.2 Å². The molecule has 1 N–H and O–H groups in total. The number of halogens is 1. The molecule has 1 atom stereocenters. The van der Waals surface area contributed by atoms with Crippen LogP contribution in [0.4, 0.5) is 10.1 Å². The van der Waals surface area contributed by atoms with E-state index in [1.807, 2.05) is 13.1 Å². The summed E-state index contributed by atoms with van der Waals surface area (Å²) < 4.78 is 13.9. The van der Waals surface area contributed by atoms with E-state index >= 15 is 0 Å². The first-order valence-corrected chi connectivity index (χ1v) is 6.85. The molecule has 2 nitrogen and oxygen atoms in total. The van der Waals surface area contributed by atoms with Crippen molar-refractivity contribution in [2.45, 2.75) is 45.2 Å². The summed E-state index contributed by atoms with van der Waals surface area (Å²) in [7, 11) is 1.98. The van der Waals surface area contributed by atoms with Gasteiger partial charge in [0, 0.05) is 23.3 Å². The number of benzene rings is 1. The van der Waals surface area contributed by atoms with Crippen LogP contribution in [0.3, 0.4) is 0 Å². The molecule has 1 aliphatic heterocycles. The van der Waals surface area contributed by atoms with Crippen molar-refractivity contribution in [3.05, 3.63) is 29.6 Å². The highest BCUT2D eigenvalue weighted by Crippen LogP contribution is 2.36. The summed E-state index contributed by atoms with van der Waals surface area (Å²) in [4.78, 5) is 2.38. The first-order chi connectivity index (χ1) is 8.65. The lowest BCUT2D eigenvalue weighted by molar-refractivity contribution is 0.509. The van der Waals surface area contributed by atoms with Gasteiger partial charge in [0.25, 0.3) is 0 Å². The maximum atomic E-state index is 13.9. The van der Waals surface area contributed by atoms with Crippen LogP contribution in [-0.4, -0.2) is 25.7 Å². The lowest BCUT2D eigenvalue weighted by Crippen LogP contribution is -2.38. The fourth-order valence-electron chi connectivity index (χ4n) is 2.98. The minimum atomic E-state index is -0.0470. The largest absolute Gasteiger partial charge is 0.365 e. The third-order valence-electron chi connectivity index (χ3n) is 3.73. The van der Waals surface area contributed by atoms with Gasteiger partial charge in [0.1, 0.15) is 5.82 Å². The number of hydrogen-bond acceptors (Lipinski definition) is 2. The van der Waals surface area contributed by atoms with Crippen LogP contribution in [-0.2, 0) is 6.42 Å². The Morgan fingerprint density at radius 3 is 2.89 bits per heavy atom. The number of anilines is 1. The molecule has 0 bridgehead atoms. The zero-order valence-electron chi connectivity index (χ0n) is 11.5. The average Bonchev–Trinajstić information content (AvgIpc) is 2.69. The summed E-state index contributed by atoms with van der Waals surface area (Å²) >= 11 is 0. The van der Waals surface area contributed by atoms with Crippen LogP contribution in [0.25, 0.3) is 0 Å². The fraction of sp³-hybridized carbons (Fsp3) is 0.600. The second kappa shape index (κ2) is 5.70. The first kappa shape index (κ1) is 13.3. The molecule has 1 aromatic carbocycles. The molecule has 100 valence electrons. The molecule has 0 saturated heterocycles. The molecule has 0 radical (unpaired) electrons. The predicted octanol–water partition coefficient (Wildman–Crippen LogP) is 2.96. The second-order valence-electron chi connectivity index (χ2n) is 5.34. The molecular weight excluding hydrogens is 227 g/mol. The normalized spacial score (nSPS) is 18.5. The number of fused-ring (bicyclic) bond motifs is 1. The molecule has 3 heteroatoms. The maximum Gasteiger partial charge on any atom is 0.128 e. The standard InChI is InChI=1S/C15H23FN2/c1-11(2)18-12(6-5-9-17-3)10-13-14(16)7-4-8-15(13)18/h4,7-8,11-12,17H,5-6,9-10H2,1-3H3. The Hall–Kier alpha value is -1.09. The third kappa shape index (κ3) is 2.51. The molecule has 0 spiro atoms. The Morgan fingerprint density at radius 1 is 1.44 bits per heavy atom. The Labute approximate surface area is 109 Å². The van der Waals surface area contributed by atoms with Crippen molar-refractivity contribution < 1.29 is 4.39 Å². The molecule has 2 rings (SSSR count). The van der Waals surface area contributed by atoms with E-state index in [1.54, 1.807) is 6.07 Å². The van der Waals surface area contributed by atoms with Gasteiger partial charge in [-0.25, -0.2) is 4.39 Å². The Kier molecular flexibility index (Phi) is 4.23. The van der Waals surface area contributed by atoms with Crippen LogP contribution in [0.5, 0.6) is 0 Å². The van der Waals surface area contributed by atoms with Gasteiger partial charge >= 0.3 is 0 Å². The van der Waals surface area contributed by atoms with E-state index in [9.17, 15) is 4.39 Å². The summed E-state index contributed by atoms with van der Waals surface area (Å²) in [6, 6.07) is 6.32. The van der Waals surface area contributed by atoms with Gasteiger partial charge in [-0.05, 0) is 58.8 Å². The topological polar surface area (TPSA) is 15.3 Å². The Bertz CT molecular complexity index is 403. The zero-order valence-corrected chi connectivity index (χ0v) is 11.5. The SMILES string of the molecule is CNCCCC1Cc2c(F)cccc2N1C(C)C. The molecule has 0 aliphatic carbocycles. The highest BCUT2D eigenvalue weighted by atomic mass is 19.1. The molecule has 1 heterocycles. The van der Waals surface area contributed by atoms with Gasteiger partial charge in [0.2, 0.25) is 0 Å². The minimum Gasteiger partial charge on any atom is -0.365 e. The molecule has 0 amide bonds. The van der Waals surface area contributed by atoms with Crippen molar-refractivity contribution in [3.63, 3.8) is 0 Å². The van der Waals surface area contributed by atoms with Gasteiger partial charge in [-0.3, -0.25) is 0 Å². The van der Waals surface area contributed by atoms with E-state index in [0.29, 0.717) is 12.1 Å². The molecule has 18 heavy (non-hydrogen) atoms. The van der Waals surface area contributed by atoms with E-state index in [0.717, 1.165) is 37.1 Å². The van der Waals surface area contributed by atoms with Crippen molar-refractivity contribution in [1.29, 1.82) is 0 Å². The smallest absolute Gasteiger partial charge is 0.128 e. The molecule has 0 fully saturated rings. The van der Waals surface area contributed by atoms with Crippen molar-refractivity contribution >= 4 is 5.69 Å². The summed E-state index contributed by atoms with van der Waals surface area (Å²) in [5.41, 5.74) is 2.00. The molecule has 0 aromatic heterocycles. The van der Waals surface area contributed by atoms with Crippen molar-refractivity contribution in [2.24, 2.45) is 0 Å². The van der Waals surface area contributed by atoms with Crippen LogP contribution in [0.2, 0.25) is 0 Å². The van der Waals surface area contributed by atoms with Gasteiger partial charge in [0.05, 0.1) is 0 Å². The molecule has 1 aliphatic rings. The fourth-order valence-corrected chi connectivity index (χ4v) is 2.98. The lowest BCUT2D eigenvalue weighted by Gasteiger charge is -2.31. The van der Waals surface area contributed by atoms with E-state index in [2.05, 4.69) is 30.1 Å². The van der Waals surface area contributed by atoms with Crippen LogP contribution >= 0.6 is 0 Å². The molecule has 0 saturated carbocycles. The third-order valence-corrected chi connectivity index (χ3v) is 3.73. The Morgan fingerprint density at radius 2 is 2.22 bits per heavy atom. The number of nitrogens with one attached hydrogen (secondary N) is 1. The zero-order chi connectivity index (χ0) is 13.1. The number of nitrogens with zero attached hydrogens (tertiary/aromatic N) is 1. The summed E-state index contributed by atoms with van der Waals surface area (Å²) in [6.45, 7) is 5.40. The molecule has 1 aromatic rings. The maximum absolute atomic E-state index is 13.9. The molecule has 1 unspecified atom stereocenters. The quantitative estimate of drug-likeness (QED) is 0.808. The van der Waals surface area contributed by atoms with Gasteiger partial charge in [-0.15, -0.1) is 0 Å².